The first kappa shape index (κ1) is 22.3. The van der Waals surface area contributed by atoms with E-state index in [-0.39, 0.29) is 35.8 Å². The largest absolute Gasteiger partial charge is 0.490 e. The van der Waals surface area contributed by atoms with E-state index in [1.165, 1.54) is 12.8 Å². The smallest absolute Gasteiger partial charge is 0.191 e. The Morgan fingerprint density at radius 1 is 1.44 bits per heavy atom. The van der Waals surface area contributed by atoms with Crippen molar-refractivity contribution in [2.75, 3.05) is 32.2 Å². The second-order valence-corrected chi connectivity index (χ2v) is 7.14. The molecule has 1 unspecified atom stereocenters. The SMILES string of the molecule is CN=C(NCCCSC)NC(C)c1ccc(OCC2CC2)c(F)c1.I. The highest BCUT2D eigenvalue weighted by molar-refractivity contribution is 14.0. The van der Waals surface area contributed by atoms with Gasteiger partial charge in [0, 0.05) is 13.6 Å². The number of hydrogen-bond donors (Lipinski definition) is 2. The van der Waals surface area contributed by atoms with Gasteiger partial charge in [-0.25, -0.2) is 4.39 Å². The lowest BCUT2D eigenvalue weighted by molar-refractivity contribution is 0.285. The lowest BCUT2D eigenvalue weighted by atomic mass is 10.1. The molecule has 1 atom stereocenters. The molecule has 0 aliphatic heterocycles. The molecular formula is C18H29FIN3OS. The molecule has 7 heteroatoms. The maximum absolute atomic E-state index is 14.2. The second-order valence-electron chi connectivity index (χ2n) is 6.16. The van der Waals surface area contributed by atoms with Crippen LogP contribution in [0.5, 0.6) is 5.75 Å². The highest BCUT2D eigenvalue weighted by Crippen LogP contribution is 2.30. The van der Waals surface area contributed by atoms with Gasteiger partial charge in [-0.05, 0) is 61.8 Å². The van der Waals surface area contributed by atoms with Crippen LogP contribution < -0.4 is 15.4 Å². The van der Waals surface area contributed by atoms with Crippen molar-refractivity contribution in [1.82, 2.24) is 10.6 Å². The predicted molar refractivity (Wildman–Crippen MR) is 116 cm³/mol. The van der Waals surface area contributed by atoms with Gasteiger partial charge in [-0.15, -0.1) is 24.0 Å². The lowest BCUT2D eigenvalue weighted by Crippen LogP contribution is -2.39. The summed E-state index contributed by atoms with van der Waals surface area (Å²) < 4.78 is 19.7. The monoisotopic (exact) mass is 481 g/mol. The molecule has 1 aromatic carbocycles. The van der Waals surface area contributed by atoms with Crippen molar-refractivity contribution in [2.24, 2.45) is 10.9 Å². The predicted octanol–water partition coefficient (Wildman–Crippen LogP) is 4.21. The first-order valence-corrected chi connectivity index (χ1v) is 9.91. The lowest BCUT2D eigenvalue weighted by Gasteiger charge is -2.19. The van der Waals surface area contributed by atoms with E-state index >= 15 is 0 Å². The van der Waals surface area contributed by atoms with Crippen molar-refractivity contribution in [3.63, 3.8) is 0 Å². The average molecular weight is 481 g/mol. The molecule has 0 radical (unpaired) electrons. The number of rotatable bonds is 9. The van der Waals surface area contributed by atoms with Crippen molar-refractivity contribution < 1.29 is 9.13 Å². The van der Waals surface area contributed by atoms with Gasteiger partial charge in [0.2, 0.25) is 0 Å². The number of guanidine groups is 1. The maximum atomic E-state index is 14.2. The highest BCUT2D eigenvalue weighted by Gasteiger charge is 2.22. The van der Waals surface area contributed by atoms with E-state index in [0.29, 0.717) is 18.3 Å². The standard InChI is InChI=1S/C18H28FN3OS.HI/c1-13(22-18(20-2)21-9-4-10-24-3)15-7-8-17(16(19)11-15)23-12-14-5-6-14;/h7-8,11,13-14H,4-6,9-10,12H2,1-3H3,(H2,20,21,22);1H. The van der Waals surface area contributed by atoms with Crippen LogP contribution in [0, 0.1) is 11.7 Å². The summed E-state index contributed by atoms with van der Waals surface area (Å²) in [4.78, 5) is 4.22. The van der Waals surface area contributed by atoms with E-state index in [1.807, 2.05) is 24.8 Å². The molecule has 1 aromatic rings. The molecule has 1 aliphatic rings. The third kappa shape index (κ3) is 8.02. The van der Waals surface area contributed by atoms with E-state index in [0.717, 1.165) is 30.2 Å². The van der Waals surface area contributed by atoms with Crippen molar-refractivity contribution in [3.8, 4) is 5.75 Å². The normalized spacial score (nSPS) is 15.3. The summed E-state index contributed by atoms with van der Waals surface area (Å²) in [6.45, 7) is 3.49. The zero-order valence-corrected chi connectivity index (χ0v) is 18.3. The van der Waals surface area contributed by atoms with Gasteiger partial charge in [-0.2, -0.15) is 11.8 Å². The summed E-state index contributed by atoms with van der Waals surface area (Å²) in [6.07, 6.45) is 5.58. The summed E-state index contributed by atoms with van der Waals surface area (Å²) in [6, 6.07) is 5.13. The summed E-state index contributed by atoms with van der Waals surface area (Å²) in [5.41, 5.74) is 0.873. The van der Waals surface area contributed by atoms with Crippen LogP contribution in [0.3, 0.4) is 0 Å². The van der Waals surface area contributed by atoms with Crippen LogP contribution in [0.2, 0.25) is 0 Å². The minimum absolute atomic E-state index is 0. The fraction of sp³-hybridized carbons (Fsp3) is 0.611. The number of hydrogen-bond acceptors (Lipinski definition) is 3. The Morgan fingerprint density at radius 3 is 2.80 bits per heavy atom. The van der Waals surface area contributed by atoms with E-state index in [9.17, 15) is 4.39 Å². The van der Waals surface area contributed by atoms with Crippen molar-refractivity contribution in [3.05, 3.63) is 29.6 Å². The third-order valence-electron chi connectivity index (χ3n) is 4.02. The summed E-state index contributed by atoms with van der Waals surface area (Å²) >= 11 is 1.83. The van der Waals surface area contributed by atoms with Crippen molar-refractivity contribution in [2.45, 2.75) is 32.2 Å². The molecule has 1 fully saturated rings. The molecule has 0 heterocycles. The van der Waals surface area contributed by atoms with Crippen LogP contribution in [0.1, 0.15) is 37.8 Å². The Bertz CT molecular complexity index is 555. The highest BCUT2D eigenvalue weighted by atomic mass is 127. The van der Waals surface area contributed by atoms with E-state index in [2.05, 4.69) is 21.9 Å². The van der Waals surface area contributed by atoms with E-state index < -0.39 is 0 Å². The van der Waals surface area contributed by atoms with Crippen LogP contribution in [0.15, 0.2) is 23.2 Å². The fourth-order valence-corrected chi connectivity index (χ4v) is 2.73. The van der Waals surface area contributed by atoms with Gasteiger partial charge in [-0.1, -0.05) is 6.07 Å². The molecule has 0 spiro atoms. The number of benzene rings is 1. The van der Waals surface area contributed by atoms with Gasteiger partial charge in [0.1, 0.15) is 0 Å². The average Bonchev–Trinajstić information content (AvgIpc) is 3.40. The molecule has 142 valence electrons. The van der Waals surface area contributed by atoms with Crippen LogP contribution in [-0.4, -0.2) is 38.2 Å². The van der Waals surface area contributed by atoms with Gasteiger partial charge in [0.15, 0.2) is 17.5 Å². The van der Waals surface area contributed by atoms with Crippen molar-refractivity contribution in [1.29, 1.82) is 0 Å². The number of aliphatic imine (C=N–C) groups is 1. The number of ether oxygens (including phenoxy) is 1. The molecule has 0 bridgehead atoms. The topological polar surface area (TPSA) is 45.7 Å². The van der Waals surface area contributed by atoms with Gasteiger partial charge < -0.3 is 15.4 Å². The van der Waals surface area contributed by atoms with Gasteiger partial charge >= 0.3 is 0 Å². The first-order chi connectivity index (χ1) is 11.6. The van der Waals surface area contributed by atoms with Gasteiger partial charge in [0.25, 0.3) is 0 Å². The molecule has 0 amide bonds. The molecule has 2 rings (SSSR count). The summed E-state index contributed by atoms with van der Waals surface area (Å²) in [5.74, 6) is 2.51. The molecule has 2 N–H and O–H groups in total. The summed E-state index contributed by atoms with van der Waals surface area (Å²) in [7, 11) is 1.74. The molecule has 1 aliphatic carbocycles. The second kappa shape index (κ2) is 11.8. The fourth-order valence-electron chi connectivity index (χ4n) is 2.30. The Balaban J connectivity index is 0.00000312. The van der Waals surface area contributed by atoms with Crippen LogP contribution in [-0.2, 0) is 0 Å². The number of thioether (sulfide) groups is 1. The molecular weight excluding hydrogens is 452 g/mol. The molecule has 25 heavy (non-hydrogen) atoms. The third-order valence-corrected chi connectivity index (χ3v) is 4.72. The first-order valence-electron chi connectivity index (χ1n) is 8.52. The van der Waals surface area contributed by atoms with Crippen LogP contribution >= 0.6 is 35.7 Å². The zero-order chi connectivity index (χ0) is 17.4. The molecule has 0 saturated heterocycles. The number of nitrogens with one attached hydrogen (secondary N) is 2. The van der Waals surface area contributed by atoms with Crippen LogP contribution in [0.25, 0.3) is 0 Å². The molecule has 4 nitrogen and oxygen atoms in total. The number of halogens is 2. The van der Waals surface area contributed by atoms with Crippen molar-refractivity contribution >= 4 is 41.7 Å². The Morgan fingerprint density at radius 2 is 2.20 bits per heavy atom. The minimum atomic E-state index is -0.301. The summed E-state index contributed by atoms with van der Waals surface area (Å²) in [5, 5.41) is 6.57. The quantitative estimate of drug-likeness (QED) is 0.240. The molecule has 1 saturated carbocycles. The Hall–Kier alpha value is -0.700. The molecule has 0 aromatic heterocycles. The number of nitrogens with zero attached hydrogens (tertiary/aromatic N) is 1. The maximum Gasteiger partial charge on any atom is 0.191 e. The van der Waals surface area contributed by atoms with E-state index in [4.69, 9.17) is 4.74 Å². The minimum Gasteiger partial charge on any atom is -0.490 e. The van der Waals surface area contributed by atoms with E-state index in [1.54, 1.807) is 19.2 Å². The van der Waals surface area contributed by atoms with Gasteiger partial charge in [0.05, 0.1) is 12.6 Å². The van der Waals surface area contributed by atoms with Gasteiger partial charge in [-0.3, -0.25) is 4.99 Å². The zero-order valence-electron chi connectivity index (χ0n) is 15.2. The Labute approximate surface area is 171 Å². The Kier molecular flexibility index (Phi) is 10.6. The van der Waals surface area contributed by atoms with Crippen LogP contribution in [0.4, 0.5) is 4.39 Å².